The number of nitrogens with two attached hydrogens (primary N) is 2. The molecular weight excluding hydrogens is 1080 g/mol. The van der Waals surface area contributed by atoms with Crippen molar-refractivity contribution in [2.24, 2.45) is 35.1 Å². The second-order valence-electron chi connectivity index (χ2n) is 22.2. The Bertz CT molecular complexity index is 2580. The van der Waals surface area contributed by atoms with Crippen molar-refractivity contribution < 1.29 is 77.0 Å². The fourth-order valence-electron chi connectivity index (χ4n) is 10.5. The molecular formula is C62H88N6O16. The quantitative estimate of drug-likeness (QED) is 0.0661. The number of carbonyl (C=O) groups excluding carboxylic acids is 8. The molecule has 12 atom stereocenters. The van der Waals surface area contributed by atoms with Gasteiger partial charge in [-0.25, -0.2) is 9.59 Å². The van der Waals surface area contributed by atoms with Crippen LogP contribution < -0.4 is 32.7 Å². The van der Waals surface area contributed by atoms with Crippen LogP contribution in [-0.4, -0.2) is 148 Å². The number of allylic oxidation sites excluding steroid dienone is 8. The molecule has 2 aliphatic heterocycles. The zero-order chi connectivity index (χ0) is 62.5. The summed E-state index contributed by atoms with van der Waals surface area (Å²) in [5.74, 6) is -5.24. The summed E-state index contributed by atoms with van der Waals surface area (Å²) < 4.78 is 33.8. The summed E-state index contributed by atoms with van der Waals surface area (Å²) in [5, 5.41) is 34.8. The highest BCUT2D eigenvalue weighted by Crippen LogP contribution is 2.31. The highest BCUT2D eigenvalue weighted by molar-refractivity contribution is 6.24. The van der Waals surface area contributed by atoms with Gasteiger partial charge in [-0.1, -0.05) is 76.3 Å². The number of unbranched alkanes of at least 4 members (excludes halogenated alkanes) is 1. The van der Waals surface area contributed by atoms with E-state index in [1.54, 1.807) is 64.2 Å². The maximum absolute atomic E-state index is 14.4. The van der Waals surface area contributed by atoms with E-state index in [9.17, 15) is 48.6 Å². The number of aliphatic hydroxyl groups is 2. The molecule has 0 saturated carbocycles. The Kier molecular flexibility index (Phi) is 27.6. The van der Waals surface area contributed by atoms with Crippen LogP contribution in [0.15, 0.2) is 117 Å². The molecule has 4 amide bonds. The minimum absolute atomic E-state index is 0.0410. The van der Waals surface area contributed by atoms with Gasteiger partial charge in [-0.15, -0.1) is 0 Å². The maximum atomic E-state index is 14.4. The molecule has 22 heteroatoms. The number of methoxy groups -OCH3 is 4. The Morgan fingerprint density at radius 3 is 1.25 bits per heavy atom. The largest absolute Gasteiger partial charge is 0.442 e. The molecule has 22 nitrogen and oxygen atoms in total. The fourth-order valence-corrected chi connectivity index (χ4v) is 10.5. The molecule has 0 aromatic rings. The van der Waals surface area contributed by atoms with E-state index < -0.39 is 108 Å². The van der Waals surface area contributed by atoms with Crippen molar-refractivity contribution in [2.45, 2.75) is 156 Å². The number of carbonyl (C=O) groups is 8. The van der Waals surface area contributed by atoms with Crippen molar-refractivity contribution in [3.63, 3.8) is 0 Å². The van der Waals surface area contributed by atoms with Gasteiger partial charge in [0, 0.05) is 101 Å². The van der Waals surface area contributed by atoms with Crippen LogP contribution in [0, 0.1) is 23.7 Å². The van der Waals surface area contributed by atoms with Crippen LogP contribution in [0.5, 0.6) is 0 Å². The molecule has 2 aliphatic carbocycles. The highest BCUT2D eigenvalue weighted by atomic mass is 16.6. The molecule has 84 heavy (non-hydrogen) atoms. The second-order valence-corrected chi connectivity index (χ2v) is 22.2. The van der Waals surface area contributed by atoms with E-state index in [2.05, 4.69) is 21.3 Å². The molecule has 4 aliphatic rings. The number of hydrogen-bond acceptors (Lipinski definition) is 18. The zero-order valence-corrected chi connectivity index (χ0v) is 50.5. The predicted molar refractivity (Wildman–Crippen MR) is 314 cm³/mol. The summed E-state index contributed by atoms with van der Waals surface area (Å²) in [4.78, 5) is 108. The van der Waals surface area contributed by atoms with Crippen LogP contribution in [-0.2, 0) is 57.2 Å². The molecule has 4 rings (SSSR count). The van der Waals surface area contributed by atoms with Crippen LogP contribution >= 0.6 is 0 Å². The number of ketones is 4. The second kappa shape index (κ2) is 33.4. The van der Waals surface area contributed by atoms with Crippen molar-refractivity contribution in [1.82, 2.24) is 21.3 Å². The molecule has 0 unspecified atom stereocenters. The Balaban J connectivity index is 1.61. The number of Topliss-reactive ketones (excluding diaryl/α,β-unsaturated/α-hetero) is 2. The van der Waals surface area contributed by atoms with E-state index in [4.69, 9.17) is 39.9 Å². The predicted octanol–water partition coefficient (Wildman–Crippen LogP) is 5.28. The van der Waals surface area contributed by atoms with E-state index in [0.717, 1.165) is 12.2 Å². The summed E-state index contributed by atoms with van der Waals surface area (Å²) in [6.45, 7) is 14.2. The van der Waals surface area contributed by atoms with Crippen LogP contribution in [0.4, 0.5) is 9.59 Å². The molecule has 10 N–H and O–H groups in total. The third-order valence-corrected chi connectivity index (χ3v) is 15.4. The zero-order valence-electron chi connectivity index (χ0n) is 50.5. The van der Waals surface area contributed by atoms with E-state index in [-0.39, 0.29) is 109 Å². The maximum Gasteiger partial charge on any atom is 0.405 e. The number of amides is 4. The molecule has 0 aromatic carbocycles. The number of aliphatic hydroxyl groups excluding tert-OH is 2. The van der Waals surface area contributed by atoms with Gasteiger partial charge in [0.25, 0.3) is 11.8 Å². The summed E-state index contributed by atoms with van der Waals surface area (Å²) in [5.41, 5.74) is 12.4. The lowest BCUT2D eigenvalue weighted by Gasteiger charge is -2.29. The van der Waals surface area contributed by atoms with Gasteiger partial charge in [-0.05, 0) is 89.2 Å². The standard InChI is InChI=1S/C62H88N6O16/c1-33-23-43-53(47(69)31-45(57(43)73)67-59(75)35(3)17-15-19-41(79-9)29-49(83-61(63)77)37(5)27-39(7)55(71)51(25-33)81-11)65-21-13-14-22-66-54-44-24-34(2)26-52(82-12)56(72)40(8)28-38(6)50(84-62(64)78)30-42(80-10)20-16-18-36(4)60(76)68-46(58(44)74)32-48(54)70/h15-20,27-28,31-34,39-42,49-52,55-56,65-66,71-72H,13-14,21-26,29-30H2,1-12H3,(H2,63,77)(H2,64,78)(H,67,75)(H,68,76)/b19-15-,20-16-,35-17+,36-18+,37-27+,38-28+/t33-,34-,39+,40+,41+,42+,49-,50-,51+,52+,55-,56-/m1/s1. The molecule has 2 heterocycles. The normalized spacial score (nSPS) is 32.2. The first-order valence-electron chi connectivity index (χ1n) is 28.4. The van der Waals surface area contributed by atoms with Gasteiger partial charge >= 0.3 is 12.2 Å². The van der Waals surface area contributed by atoms with Crippen LogP contribution in [0.1, 0.15) is 107 Å². The lowest BCUT2D eigenvalue weighted by atomic mass is 9.85. The minimum Gasteiger partial charge on any atom is -0.442 e. The van der Waals surface area contributed by atoms with Gasteiger partial charge in [-0.3, -0.25) is 28.8 Å². The topological polar surface area (TPSA) is 333 Å². The number of hydrogen-bond donors (Lipinski definition) is 8. The monoisotopic (exact) mass is 1170 g/mol. The molecule has 0 fully saturated rings. The van der Waals surface area contributed by atoms with E-state index in [1.807, 2.05) is 13.8 Å². The van der Waals surface area contributed by atoms with Crippen molar-refractivity contribution in [2.75, 3.05) is 41.5 Å². The summed E-state index contributed by atoms with van der Waals surface area (Å²) in [7, 11) is 5.86. The minimum atomic E-state index is -1.06. The third kappa shape index (κ3) is 20.3. The van der Waals surface area contributed by atoms with Crippen molar-refractivity contribution in [3.8, 4) is 0 Å². The smallest absolute Gasteiger partial charge is 0.405 e. The molecule has 462 valence electrons. The van der Waals surface area contributed by atoms with Gasteiger partial charge in [0.1, 0.15) is 12.2 Å². The Labute approximate surface area is 493 Å². The summed E-state index contributed by atoms with van der Waals surface area (Å²) >= 11 is 0. The fraction of sp³-hybridized carbons (Fsp3) is 0.548. The van der Waals surface area contributed by atoms with Crippen LogP contribution in [0.2, 0.25) is 0 Å². The van der Waals surface area contributed by atoms with Crippen molar-refractivity contribution in [1.29, 1.82) is 0 Å². The van der Waals surface area contributed by atoms with E-state index in [1.165, 1.54) is 54.4 Å². The molecule has 4 bridgehead atoms. The van der Waals surface area contributed by atoms with E-state index >= 15 is 0 Å². The number of ether oxygens (including phenoxy) is 6. The first kappa shape index (κ1) is 69.4. The number of nitrogens with one attached hydrogen (secondary N) is 4. The Morgan fingerprint density at radius 1 is 0.571 bits per heavy atom. The number of primary amides is 2. The number of rotatable bonds is 13. The third-order valence-electron chi connectivity index (χ3n) is 15.4. The van der Waals surface area contributed by atoms with Crippen molar-refractivity contribution >= 4 is 47.1 Å². The van der Waals surface area contributed by atoms with Crippen molar-refractivity contribution in [3.05, 3.63) is 117 Å². The Morgan fingerprint density at radius 2 is 0.929 bits per heavy atom. The van der Waals surface area contributed by atoms with E-state index in [0.29, 0.717) is 24.0 Å². The SMILES string of the molecule is CO[C@H]1C[C@H](C)CC2=C(NCCCCNC3=C4C[C@@H](C)C[C@H](OC)[C@H](O)[C@@H](C)/C=C(\C)[C@H](OC(N)=O)C[C@@H](OC)/C=C\C=C(/C)C(=O)NC(=CC3=O)C4=O)C(=O)C=C(NC(=O)/C(C)=C/C=C\[C@H](OC)C[C@@H](OC(N)=O)/C(C)=C/[C@H](C)[C@H]1O)C2=O. The molecule has 0 saturated heterocycles. The highest BCUT2D eigenvalue weighted by Gasteiger charge is 2.36. The van der Waals surface area contributed by atoms with Gasteiger partial charge < -0.3 is 71.4 Å². The first-order valence-corrected chi connectivity index (χ1v) is 28.4. The lowest BCUT2D eigenvalue weighted by molar-refractivity contribution is -0.120. The lowest BCUT2D eigenvalue weighted by Crippen LogP contribution is -2.38. The summed E-state index contributed by atoms with van der Waals surface area (Å²) in [6, 6.07) is 0. The van der Waals surface area contributed by atoms with Crippen LogP contribution in [0.3, 0.4) is 0 Å². The molecule has 0 radical (unpaired) electrons. The number of fused-ring (bicyclic) bond motifs is 4. The Hall–Kier alpha value is -7.08. The first-order chi connectivity index (χ1) is 39.7. The molecule has 0 spiro atoms. The van der Waals surface area contributed by atoms with Gasteiger partial charge in [0.15, 0.2) is 0 Å². The van der Waals surface area contributed by atoms with Gasteiger partial charge in [0.05, 0.1) is 59.4 Å². The average Bonchev–Trinajstić information content (AvgIpc) is 3.36. The average molecular weight is 1170 g/mol. The van der Waals surface area contributed by atoms with Gasteiger partial charge in [-0.2, -0.15) is 0 Å². The molecule has 0 aromatic heterocycles. The van der Waals surface area contributed by atoms with Crippen LogP contribution in [0.25, 0.3) is 0 Å². The summed E-state index contributed by atoms with van der Waals surface area (Å²) in [6.07, 6.45) is 8.54. The van der Waals surface area contributed by atoms with Gasteiger partial charge in [0.2, 0.25) is 23.1 Å².